The molecule has 0 unspecified atom stereocenters. The number of carbonyl (C=O) groups excluding carboxylic acids is 1. The fourth-order valence-corrected chi connectivity index (χ4v) is 2.32. The Bertz CT molecular complexity index is 616. The normalized spacial score (nSPS) is 10.2. The summed E-state index contributed by atoms with van der Waals surface area (Å²) in [4.78, 5) is 13.8. The second-order valence-corrected chi connectivity index (χ2v) is 6.17. The number of halogens is 2. The van der Waals surface area contributed by atoms with Crippen molar-refractivity contribution in [2.45, 2.75) is 0 Å². The summed E-state index contributed by atoms with van der Waals surface area (Å²) in [7, 11) is 1.76. The highest BCUT2D eigenvalue weighted by Gasteiger charge is 2.11. The molecule has 0 heterocycles. The summed E-state index contributed by atoms with van der Waals surface area (Å²) in [5.41, 5.74) is 0.677. The number of benzene rings is 2. The Hall–Kier alpha value is -1.27. The van der Waals surface area contributed by atoms with Crippen LogP contribution >= 0.6 is 34.2 Å². The molecule has 3 nitrogen and oxygen atoms in total. The molecular formula is C16H15ClINO2. The molecule has 0 aliphatic heterocycles. The first kappa shape index (κ1) is 16.1. The van der Waals surface area contributed by atoms with Crippen molar-refractivity contribution in [1.82, 2.24) is 4.90 Å². The summed E-state index contributed by atoms with van der Waals surface area (Å²) in [6, 6.07) is 14.8. The van der Waals surface area contributed by atoms with E-state index in [2.05, 4.69) is 22.6 Å². The molecule has 5 heteroatoms. The zero-order chi connectivity index (χ0) is 15.2. The maximum Gasteiger partial charge on any atom is 0.253 e. The van der Waals surface area contributed by atoms with Gasteiger partial charge in [0.05, 0.1) is 11.6 Å². The number of carbonyl (C=O) groups is 1. The minimum absolute atomic E-state index is 0.0193. The quantitative estimate of drug-likeness (QED) is 0.688. The summed E-state index contributed by atoms with van der Waals surface area (Å²) >= 11 is 8.22. The summed E-state index contributed by atoms with van der Waals surface area (Å²) in [6.07, 6.45) is 0. The van der Waals surface area contributed by atoms with Gasteiger partial charge in [-0.1, -0.05) is 23.7 Å². The number of para-hydroxylation sites is 1. The summed E-state index contributed by atoms with van der Waals surface area (Å²) in [5.74, 6) is 0.614. The monoisotopic (exact) mass is 415 g/mol. The number of ether oxygens (including phenoxy) is 1. The fourth-order valence-electron chi connectivity index (χ4n) is 1.77. The molecule has 0 N–H and O–H groups in total. The second-order valence-electron chi connectivity index (χ2n) is 4.51. The minimum atomic E-state index is -0.0193. The Morgan fingerprint density at radius 2 is 1.86 bits per heavy atom. The van der Waals surface area contributed by atoms with Gasteiger partial charge in [-0.05, 0) is 59.0 Å². The third kappa shape index (κ3) is 4.61. The average molecular weight is 416 g/mol. The molecule has 0 atom stereocenters. The van der Waals surface area contributed by atoms with Gasteiger partial charge in [-0.15, -0.1) is 0 Å². The van der Waals surface area contributed by atoms with Crippen molar-refractivity contribution >= 4 is 40.1 Å². The Labute approximate surface area is 143 Å². The van der Waals surface area contributed by atoms with Gasteiger partial charge in [0.25, 0.3) is 5.91 Å². The molecule has 1 amide bonds. The second kappa shape index (κ2) is 7.66. The third-order valence-corrected chi connectivity index (χ3v) is 3.99. The highest BCUT2D eigenvalue weighted by molar-refractivity contribution is 14.1. The van der Waals surface area contributed by atoms with Crippen molar-refractivity contribution in [1.29, 1.82) is 0 Å². The molecule has 0 aromatic heterocycles. The Morgan fingerprint density at radius 1 is 1.19 bits per heavy atom. The van der Waals surface area contributed by atoms with E-state index in [1.165, 1.54) is 0 Å². The van der Waals surface area contributed by atoms with E-state index in [-0.39, 0.29) is 5.91 Å². The van der Waals surface area contributed by atoms with Crippen molar-refractivity contribution in [3.8, 4) is 5.75 Å². The molecule has 0 fully saturated rings. The molecule has 2 aromatic rings. The van der Waals surface area contributed by atoms with Crippen molar-refractivity contribution in [3.05, 3.63) is 62.7 Å². The Balaban J connectivity index is 1.87. The van der Waals surface area contributed by atoms with E-state index < -0.39 is 0 Å². The highest BCUT2D eigenvalue weighted by atomic mass is 127. The van der Waals surface area contributed by atoms with Crippen molar-refractivity contribution in [2.75, 3.05) is 20.2 Å². The van der Waals surface area contributed by atoms with Crippen LogP contribution in [-0.4, -0.2) is 31.0 Å². The van der Waals surface area contributed by atoms with E-state index in [0.717, 1.165) is 3.57 Å². The number of nitrogens with zero attached hydrogens (tertiary/aromatic N) is 1. The Morgan fingerprint density at radius 3 is 2.52 bits per heavy atom. The molecule has 0 aliphatic carbocycles. The summed E-state index contributed by atoms with van der Waals surface area (Å²) in [5, 5.41) is 0.573. The van der Waals surface area contributed by atoms with Gasteiger partial charge in [-0.2, -0.15) is 0 Å². The van der Waals surface area contributed by atoms with Gasteiger partial charge in [0.1, 0.15) is 12.4 Å². The van der Waals surface area contributed by atoms with Gasteiger partial charge in [-0.3, -0.25) is 4.79 Å². The first-order valence-electron chi connectivity index (χ1n) is 6.46. The molecule has 0 radical (unpaired) electrons. The van der Waals surface area contributed by atoms with Gasteiger partial charge in [-0.25, -0.2) is 0 Å². The summed E-state index contributed by atoms with van der Waals surface area (Å²) in [6.45, 7) is 0.895. The fraction of sp³-hybridized carbons (Fsp3) is 0.188. The molecule has 21 heavy (non-hydrogen) atoms. The Kier molecular flexibility index (Phi) is 5.87. The zero-order valence-corrected chi connectivity index (χ0v) is 14.5. The third-order valence-electron chi connectivity index (χ3n) is 2.96. The average Bonchev–Trinajstić information content (AvgIpc) is 2.49. The van der Waals surface area contributed by atoms with E-state index in [9.17, 15) is 4.79 Å². The maximum absolute atomic E-state index is 12.2. The van der Waals surface area contributed by atoms with E-state index in [1.54, 1.807) is 18.0 Å². The first-order chi connectivity index (χ1) is 10.1. The van der Waals surface area contributed by atoms with Crippen LogP contribution in [0.1, 0.15) is 10.4 Å². The largest absolute Gasteiger partial charge is 0.490 e. The molecule has 110 valence electrons. The van der Waals surface area contributed by atoms with Crippen LogP contribution in [0.2, 0.25) is 5.02 Å². The van der Waals surface area contributed by atoms with Crippen molar-refractivity contribution < 1.29 is 9.53 Å². The standard InChI is InChI=1S/C16H15ClINO2/c1-19(16(20)12-6-8-13(18)9-7-12)10-11-21-15-5-3-2-4-14(15)17/h2-9H,10-11H2,1H3. The lowest BCUT2D eigenvalue weighted by Crippen LogP contribution is -2.30. The predicted molar refractivity (Wildman–Crippen MR) is 93.1 cm³/mol. The SMILES string of the molecule is CN(CCOc1ccccc1Cl)C(=O)c1ccc(I)cc1. The van der Waals surface area contributed by atoms with E-state index in [0.29, 0.717) is 29.5 Å². The first-order valence-corrected chi connectivity index (χ1v) is 7.92. The van der Waals surface area contributed by atoms with Gasteiger partial charge < -0.3 is 9.64 Å². The molecule has 2 aromatic carbocycles. The number of amides is 1. The van der Waals surface area contributed by atoms with Crippen LogP contribution < -0.4 is 4.74 Å². The van der Waals surface area contributed by atoms with Gasteiger partial charge in [0.2, 0.25) is 0 Å². The number of hydrogen-bond acceptors (Lipinski definition) is 2. The lowest BCUT2D eigenvalue weighted by Gasteiger charge is -2.18. The van der Waals surface area contributed by atoms with Crippen LogP contribution in [0.25, 0.3) is 0 Å². The van der Waals surface area contributed by atoms with Crippen LogP contribution in [0.15, 0.2) is 48.5 Å². The van der Waals surface area contributed by atoms with Crippen LogP contribution in [0, 0.1) is 3.57 Å². The maximum atomic E-state index is 12.2. The highest BCUT2D eigenvalue weighted by Crippen LogP contribution is 2.22. The van der Waals surface area contributed by atoms with Crippen LogP contribution in [0.3, 0.4) is 0 Å². The van der Waals surface area contributed by atoms with Gasteiger partial charge in [0, 0.05) is 16.2 Å². The summed E-state index contributed by atoms with van der Waals surface area (Å²) < 4.78 is 6.69. The number of rotatable bonds is 5. The smallest absolute Gasteiger partial charge is 0.253 e. The topological polar surface area (TPSA) is 29.5 Å². The molecule has 2 rings (SSSR count). The molecular weight excluding hydrogens is 401 g/mol. The lowest BCUT2D eigenvalue weighted by molar-refractivity contribution is 0.0774. The van der Waals surface area contributed by atoms with Crippen LogP contribution in [-0.2, 0) is 0 Å². The lowest BCUT2D eigenvalue weighted by atomic mass is 10.2. The van der Waals surface area contributed by atoms with Crippen LogP contribution in [0.5, 0.6) is 5.75 Å². The molecule has 0 bridgehead atoms. The van der Waals surface area contributed by atoms with Gasteiger partial charge >= 0.3 is 0 Å². The van der Waals surface area contributed by atoms with Crippen LogP contribution in [0.4, 0.5) is 0 Å². The molecule has 0 saturated carbocycles. The van der Waals surface area contributed by atoms with Crippen molar-refractivity contribution in [3.63, 3.8) is 0 Å². The van der Waals surface area contributed by atoms with Crippen molar-refractivity contribution in [2.24, 2.45) is 0 Å². The number of likely N-dealkylation sites (N-methyl/N-ethyl adjacent to an activating group) is 1. The molecule has 0 spiro atoms. The predicted octanol–water partition coefficient (Wildman–Crippen LogP) is 4.10. The minimum Gasteiger partial charge on any atom is -0.490 e. The van der Waals surface area contributed by atoms with E-state index >= 15 is 0 Å². The van der Waals surface area contributed by atoms with Gasteiger partial charge in [0.15, 0.2) is 0 Å². The number of hydrogen-bond donors (Lipinski definition) is 0. The van der Waals surface area contributed by atoms with E-state index in [1.807, 2.05) is 42.5 Å². The van der Waals surface area contributed by atoms with E-state index in [4.69, 9.17) is 16.3 Å². The molecule has 0 aliphatic rings. The zero-order valence-electron chi connectivity index (χ0n) is 11.6. The molecule has 0 saturated heterocycles.